The van der Waals surface area contributed by atoms with Gasteiger partial charge in [-0.1, -0.05) is 30.3 Å². The lowest BCUT2D eigenvalue weighted by Gasteiger charge is -2.08. The first kappa shape index (κ1) is 11.1. The molecule has 0 aromatic heterocycles. The number of nitrogens with zero attached hydrogens (tertiary/aromatic N) is 1. The van der Waals surface area contributed by atoms with Crippen molar-refractivity contribution in [1.29, 1.82) is 0 Å². The molecule has 2 rings (SSSR count). The monoisotopic (exact) mass is 229 g/mol. The molecular formula is C13H11NO3. The summed E-state index contributed by atoms with van der Waals surface area (Å²) in [6.07, 6.45) is 0. The van der Waals surface area contributed by atoms with Crippen molar-refractivity contribution >= 4 is 5.69 Å². The predicted octanol–water partition coefficient (Wildman–Crippen LogP) is 3.28. The van der Waals surface area contributed by atoms with Crippen LogP contribution in [0.5, 0.6) is 5.75 Å². The van der Waals surface area contributed by atoms with E-state index in [9.17, 15) is 15.2 Å². The average molecular weight is 229 g/mol. The number of phenols is 1. The molecule has 0 aliphatic carbocycles. The van der Waals surface area contributed by atoms with Crippen LogP contribution in [0.25, 0.3) is 11.1 Å². The van der Waals surface area contributed by atoms with Crippen LogP contribution in [0, 0.1) is 17.0 Å². The Bertz CT molecular complexity index is 579. The fourth-order valence-electron chi connectivity index (χ4n) is 1.84. The number of phenolic OH excluding ortho intramolecular Hbond substituents is 1. The van der Waals surface area contributed by atoms with E-state index in [0.717, 1.165) is 5.56 Å². The first-order valence-corrected chi connectivity index (χ1v) is 5.13. The van der Waals surface area contributed by atoms with E-state index in [2.05, 4.69) is 0 Å². The summed E-state index contributed by atoms with van der Waals surface area (Å²) in [7, 11) is 0. The van der Waals surface area contributed by atoms with Gasteiger partial charge < -0.3 is 5.11 Å². The third kappa shape index (κ3) is 1.97. The van der Waals surface area contributed by atoms with Gasteiger partial charge in [0.1, 0.15) is 5.75 Å². The van der Waals surface area contributed by atoms with Gasteiger partial charge in [0.2, 0.25) is 0 Å². The molecule has 0 radical (unpaired) electrons. The van der Waals surface area contributed by atoms with Gasteiger partial charge in [0.25, 0.3) is 5.69 Å². The molecule has 86 valence electrons. The average Bonchev–Trinajstić information content (AvgIpc) is 2.30. The highest BCUT2D eigenvalue weighted by atomic mass is 16.6. The van der Waals surface area contributed by atoms with Crippen LogP contribution in [0.1, 0.15) is 5.56 Å². The largest absolute Gasteiger partial charge is 0.507 e. The second kappa shape index (κ2) is 4.25. The van der Waals surface area contributed by atoms with Gasteiger partial charge in [-0.05, 0) is 18.6 Å². The van der Waals surface area contributed by atoms with Crippen molar-refractivity contribution in [3.05, 3.63) is 58.1 Å². The van der Waals surface area contributed by atoms with E-state index in [1.54, 1.807) is 37.3 Å². The van der Waals surface area contributed by atoms with E-state index < -0.39 is 4.92 Å². The number of hydrogen-bond donors (Lipinski definition) is 1. The zero-order valence-electron chi connectivity index (χ0n) is 9.25. The van der Waals surface area contributed by atoms with E-state index in [1.165, 1.54) is 12.1 Å². The molecule has 4 heteroatoms. The molecule has 4 nitrogen and oxygen atoms in total. The van der Waals surface area contributed by atoms with Gasteiger partial charge in [-0.2, -0.15) is 0 Å². The van der Waals surface area contributed by atoms with Crippen LogP contribution in [0.4, 0.5) is 5.69 Å². The summed E-state index contributed by atoms with van der Waals surface area (Å²) in [5, 5.41) is 20.8. The quantitative estimate of drug-likeness (QED) is 0.634. The lowest BCUT2D eigenvalue weighted by molar-refractivity contribution is -0.384. The van der Waals surface area contributed by atoms with Crippen LogP contribution in [0.15, 0.2) is 42.5 Å². The molecule has 0 amide bonds. The Morgan fingerprint density at radius 1 is 1.12 bits per heavy atom. The molecule has 2 aromatic rings. The third-order valence-corrected chi connectivity index (χ3v) is 2.62. The van der Waals surface area contributed by atoms with Crippen molar-refractivity contribution in [3.63, 3.8) is 0 Å². The van der Waals surface area contributed by atoms with Crippen molar-refractivity contribution in [2.24, 2.45) is 0 Å². The lowest BCUT2D eigenvalue weighted by atomic mass is 9.98. The standard InChI is InChI=1S/C13H11NO3/c1-9-5-4-7-11(14(16)17)13(9)10-6-2-3-8-12(10)15/h2-8,15H,1H3. The molecule has 0 aliphatic rings. The Morgan fingerprint density at radius 2 is 1.82 bits per heavy atom. The van der Waals surface area contributed by atoms with Crippen LogP contribution in [0.2, 0.25) is 0 Å². The SMILES string of the molecule is Cc1cccc([N+](=O)[O-])c1-c1ccccc1O. The maximum absolute atomic E-state index is 11.0. The van der Waals surface area contributed by atoms with Gasteiger partial charge in [-0.25, -0.2) is 0 Å². The second-order valence-electron chi connectivity index (χ2n) is 3.74. The topological polar surface area (TPSA) is 63.4 Å². The van der Waals surface area contributed by atoms with Crippen LogP contribution in [-0.2, 0) is 0 Å². The third-order valence-electron chi connectivity index (χ3n) is 2.62. The van der Waals surface area contributed by atoms with Crippen LogP contribution in [-0.4, -0.2) is 10.0 Å². The van der Waals surface area contributed by atoms with Gasteiger partial charge in [0.05, 0.1) is 10.5 Å². The summed E-state index contributed by atoms with van der Waals surface area (Å²) < 4.78 is 0. The van der Waals surface area contributed by atoms with Gasteiger partial charge in [-0.3, -0.25) is 10.1 Å². The Balaban J connectivity index is 2.75. The summed E-state index contributed by atoms with van der Waals surface area (Å²) in [6.45, 7) is 1.79. The Labute approximate surface area is 98.3 Å². The minimum atomic E-state index is -0.436. The number of nitro groups is 1. The number of aryl methyl sites for hydroxylation is 1. The maximum atomic E-state index is 11.0. The molecule has 0 spiro atoms. The maximum Gasteiger partial charge on any atom is 0.277 e. The lowest BCUT2D eigenvalue weighted by Crippen LogP contribution is -1.94. The molecule has 17 heavy (non-hydrogen) atoms. The first-order chi connectivity index (χ1) is 8.11. The van der Waals surface area contributed by atoms with Gasteiger partial charge in [0, 0.05) is 11.6 Å². The molecule has 0 aliphatic heterocycles. The molecule has 2 aromatic carbocycles. The molecule has 0 atom stereocenters. The Hall–Kier alpha value is -2.36. The Kier molecular flexibility index (Phi) is 2.78. The summed E-state index contributed by atoms with van der Waals surface area (Å²) in [4.78, 5) is 10.5. The summed E-state index contributed by atoms with van der Waals surface area (Å²) in [6, 6.07) is 11.5. The number of aromatic hydroxyl groups is 1. The molecule has 0 saturated carbocycles. The molecular weight excluding hydrogens is 218 g/mol. The van der Waals surface area contributed by atoms with Crippen molar-refractivity contribution < 1.29 is 10.0 Å². The highest BCUT2D eigenvalue weighted by Crippen LogP contribution is 2.37. The number of rotatable bonds is 2. The van der Waals surface area contributed by atoms with Crippen molar-refractivity contribution in [2.45, 2.75) is 6.92 Å². The smallest absolute Gasteiger partial charge is 0.277 e. The number of benzene rings is 2. The molecule has 0 saturated heterocycles. The summed E-state index contributed by atoms with van der Waals surface area (Å²) in [5.41, 5.74) is 1.72. The van der Waals surface area contributed by atoms with Crippen LogP contribution < -0.4 is 0 Å². The van der Waals surface area contributed by atoms with Gasteiger partial charge >= 0.3 is 0 Å². The highest BCUT2D eigenvalue weighted by Gasteiger charge is 2.18. The van der Waals surface area contributed by atoms with Crippen molar-refractivity contribution in [3.8, 4) is 16.9 Å². The van der Waals surface area contributed by atoms with Crippen LogP contribution in [0.3, 0.4) is 0 Å². The fraction of sp³-hybridized carbons (Fsp3) is 0.0769. The summed E-state index contributed by atoms with van der Waals surface area (Å²) >= 11 is 0. The minimum Gasteiger partial charge on any atom is -0.507 e. The zero-order valence-corrected chi connectivity index (χ0v) is 9.25. The van der Waals surface area contributed by atoms with Crippen molar-refractivity contribution in [1.82, 2.24) is 0 Å². The zero-order chi connectivity index (χ0) is 12.4. The predicted molar refractivity (Wildman–Crippen MR) is 64.9 cm³/mol. The van der Waals surface area contributed by atoms with E-state index in [1.807, 2.05) is 0 Å². The first-order valence-electron chi connectivity index (χ1n) is 5.13. The molecule has 0 fully saturated rings. The minimum absolute atomic E-state index is 0.00602. The number of hydrogen-bond acceptors (Lipinski definition) is 3. The van der Waals surface area contributed by atoms with Gasteiger partial charge in [0.15, 0.2) is 0 Å². The number of para-hydroxylation sites is 1. The van der Waals surface area contributed by atoms with Gasteiger partial charge in [-0.15, -0.1) is 0 Å². The molecule has 0 heterocycles. The fourth-order valence-corrected chi connectivity index (χ4v) is 1.84. The number of nitro benzene ring substituents is 1. The molecule has 1 N–H and O–H groups in total. The van der Waals surface area contributed by atoms with Crippen LogP contribution >= 0.6 is 0 Å². The summed E-state index contributed by atoms with van der Waals surface area (Å²) in [5.74, 6) is 0.0462. The normalized spacial score (nSPS) is 10.2. The van der Waals surface area contributed by atoms with E-state index >= 15 is 0 Å². The van der Waals surface area contributed by atoms with E-state index in [-0.39, 0.29) is 11.4 Å². The highest BCUT2D eigenvalue weighted by molar-refractivity contribution is 5.80. The van der Waals surface area contributed by atoms with E-state index in [0.29, 0.717) is 11.1 Å². The van der Waals surface area contributed by atoms with Crippen molar-refractivity contribution in [2.75, 3.05) is 0 Å². The van der Waals surface area contributed by atoms with E-state index in [4.69, 9.17) is 0 Å². The molecule has 0 unspecified atom stereocenters. The Morgan fingerprint density at radius 3 is 2.47 bits per heavy atom. The second-order valence-corrected chi connectivity index (χ2v) is 3.74. The molecule has 0 bridgehead atoms.